The molecule has 0 saturated heterocycles. The van der Waals surface area contributed by atoms with Crippen molar-refractivity contribution in [1.29, 1.82) is 0 Å². The van der Waals surface area contributed by atoms with E-state index in [1.807, 2.05) is 7.05 Å². The van der Waals surface area contributed by atoms with E-state index in [-0.39, 0.29) is 11.8 Å². The number of rotatable bonds is 8. The lowest BCUT2D eigenvalue weighted by Crippen LogP contribution is -2.47. The standard InChI is InChI=1S/C19H36N4O/c1-14(2)7-4-5-12-21-19(20-3)23-17-9-6-8-15(13-17)18(24)22-16-10-11-16/h14-17H,4-13H2,1-3H3,(H,22,24)(H2,20,21,23). The molecule has 2 unspecified atom stereocenters. The van der Waals surface area contributed by atoms with Gasteiger partial charge in [-0.1, -0.05) is 33.1 Å². The Hall–Kier alpha value is -1.26. The molecule has 5 heteroatoms. The van der Waals surface area contributed by atoms with Crippen LogP contribution in [0.1, 0.15) is 71.6 Å². The molecule has 2 rings (SSSR count). The van der Waals surface area contributed by atoms with E-state index in [0.29, 0.717) is 12.1 Å². The molecular formula is C19H36N4O. The quantitative estimate of drug-likeness (QED) is 0.363. The van der Waals surface area contributed by atoms with Gasteiger partial charge in [-0.2, -0.15) is 0 Å². The number of carbonyl (C=O) groups is 1. The van der Waals surface area contributed by atoms with Crippen molar-refractivity contribution in [2.45, 2.75) is 83.7 Å². The third-order valence-electron chi connectivity index (χ3n) is 5.03. The van der Waals surface area contributed by atoms with Crippen LogP contribution in [0.2, 0.25) is 0 Å². The Labute approximate surface area is 147 Å². The molecule has 3 N–H and O–H groups in total. The predicted octanol–water partition coefficient (Wildman–Crippen LogP) is 2.82. The molecule has 2 atom stereocenters. The van der Waals surface area contributed by atoms with Crippen molar-refractivity contribution in [1.82, 2.24) is 16.0 Å². The third-order valence-corrected chi connectivity index (χ3v) is 5.03. The van der Waals surface area contributed by atoms with Crippen LogP contribution >= 0.6 is 0 Å². The summed E-state index contributed by atoms with van der Waals surface area (Å²) in [5.74, 6) is 2.10. The minimum Gasteiger partial charge on any atom is -0.356 e. The molecule has 2 aliphatic carbocycles. The van der Waals surface area contributed by atoms with E-state index >= 15 is 0 Å². The van der Waals surface area contributed by atoms with Gasteiger partial charge in [-0.25, -0.2) is 0 Å². The number of nitrogens with one attached hydrogen (secondary N) is 3. The first-order chi connectivity index (χ1) is 11.6. The molecule has 0 bridgehead atoms. The Kier molecular flexibility index (Phi) is 7.86. The van der Waals surface area contributed by atoms with Crippen LogP contribution in [0.3, 0.4) is 0 Å². The van der Waals surface area contributed by atoms with E-state index in [2.05, 4.69) is 34.8 Å². The van der Waals surface area contributed by atoms with E-state index in [0.717, 1.165) is 56.9 Å². The Bertz CT molecular complexity index is 418. The number of aliphatic imine (C=N–C) groups is 1. The first-order valence-electron chi connectivity index (χ1n) is 9.86. The molecule has 0 aromatic rings. The fourth-order valence-corrected chi connectivity index (χ4v) is 3.38. The van der Waals surface area contributed by atoms with Crippen molar-refractivity contribution in [3.05, 3.63) is 0 Å². The highest BCUT2D eigenvalue weighted by Gasteiger charge is 2.31. The van der Waals surface area contributed by atoms with Crippen molar-refractivity contribution < 1.29 is 4.79 Å². The zero-order valence-electron chi connectivity index (χ0n) is 15.7. The second kappa shape index (κ2) is 9.90. The van der Waals surface area contributed by atoms with Crippen molar-refractivity contribution in [2.75, 3.05) is 13.6 Å². The van der Waals surface area contributed by atoms with Crippen molar-refractivity contribution in [2.24, 2.45) is 16.8 Å². The van der Waals surface area contributed by atoms with Gasteiger partial charge in [-0.15, -0.1) is 0 Å². The summed E-state index contributed by atoms with van der Waals surface area (Å²) in [5.41, 5.74) is 0. The molecule has 1 amide bonds. The number of hydrogen-bond donors (Lipinski definition) is 3. The summed E-state index contributed by atoms with van der Waals surface area (Å²) in [6.07, 6.45) is 10.2. The number of amides is 1. The van der Waals surface area contributed by atoms with Crippen LogP contribution in [-0.4, -0.2) is 37.5 Å². The van der Waals surface area contributed by atoms with Crippen molar-refractivity contribution in [3.8, 4) is 0 Å². The Morgan fingerprint density at radius 2 is 1.88 bits per heavy atom. The molecule has 2 aliphatic rings. The number of hydrogen-bond acceptors (Lipinski definition) is 2. The highest BCUT2D eigenvalue weighted by Crippen LogP contribution is 2.26. The van der Waals surface area contributed by atoms with Gasteiger partial charge < -0.3 is 16.0 Å². The zero-order chi connectivity index (χ0) is 17.4. The van der Waals surface area contributed by atoms with E-state index < -0.39 is 0 Å². The SMILES string of the molecule is CN=C(NCCCCC(C)C)NC1CCCC(C(=O)NC2CC2)C1. The van der Waals surface area contributed by atoms with Gasteiger partial charge in [0.25, 0.3) is 0 Å². The number of unbranched alkanes of at least 4 members (excludes halogenated alkanes) is 1. The van der Waals surface area contributed by atoms with E-state index in [1.54, 1.807) is 0 Å². The van der Waals surface area contributed by atoms with Gasteiger partial charge in [0.15, 0.2) is 5.96 Å². The Morgan fingerprint density at radius 3 is 2.54 bits per heavy atom. The molecule has 5 nitrogen and oxygen atoms in total. The summed E-state index contributed by atoms with van der Waals surface area (Å²) in [6.45, 7) is 5.50. The second-order valence-electron chi connectivity index (χ2n) is 7.88. The minimum absolute atomic E-state index is 0.168. The molecular weight excluding hydrogens is 300 g/mol. The smallest absolute Gasteiger partial charge is 0.223 e. The van der Waals surface area contributed by atoms with Crippen LogP contribution in [0, 0.1) is 11.8 Å². The molecule has 0 spiro atoms. The Balaban J connectivity index is 1.66. The molecule has 2 fully saturated rings. The maximum absolute atomic E-state index is 12.3. The van der Waals surface area contributed by atoms with Gasteiger partial charge in [0.2, 0.25) is 5.91 Å². The maximum Gasteiger partial charge on any atom is 0.223 e. The van der Waals surface area contributed by atoms with Crippen LogP contribution in [-0.2, 0) is 4.79 Å². The van der Waals surface area contributed by atoms with Crippen LogP contribution in [0.4, 0.5) is 0 Å². The normalized spacial score (nSPS) is 24.8. The van der Waals surface area contributed by atoms with Gasteiger partial charge in [0, 0.05) is 31.6 Å². The first kappa shape index (κ1) is 19.1. The maximum atomic E-state index is 12.3. The van der Waals surface area contributed by atoms with E-state index in [9.17, 15) is 4.79 Å². The number of nitrogens with zero attached hydrogens (tertiary/aromatic N) is 1. The van der Waals surface area contributed by atoms with Crippen molar-refractivity contribution in [3.63, 3.8) is 0 Å². The average Bonchev–Trinajstić information content (AvgIpc) is 3.37. The van der Waals surface area contributed by atoms with Gasteiger partial charge >= 0.3 is 0 Å². The van der Waals surface area contributed by atoms with E-state index in [1.165, 1.54) is 19.3 Å². The minimum atomic E-state index is 0.168. The van der Waals surface area contributed by atoms with Crippen LogP contribution in [0.15, 0.2) is 4.99 Å². The lowest BCUT2D eigenvalue weighted by molar-refractivity contribution is -0.126. The lowest BCUT2D eigenvalue weighted by Gasteiger charge is -2.30. The fourth-order valence-electron chi connectivity index (χ4n) is 3.38. The van der Waals surface area contributed by atoms with E-state index in [4.69, 9.17) is 0 Å². The van der Waals surface area contributed by atoms with Gasteiger partial charge in [-0.05, 0) is 44.4 Å². The summed E-state index contributed by atoms with van der Waals surface area (Å²) < 4.78 is 0. The second-order valence-corrected chi connectivity index (χ2v) is 7.88. The highest BCUT2D eigenvalue weighted by atomic mass is 16.2. The molecule has 0 radical (unpaired) electrons. The molecule has 0 aliphatic heterocycles. The zero-order valence-corrected chi connectivity index (χ0v) is 15.7. The summed E-state index contributed by atoms with van der Waals surface area (Å²) in [5, 5.41) is 10.1. The molecule has 0 heterocycles. The summed E-state index contributed by atoms with van der Waals surface area (Å²) in [4.78, 5) is 16.6. The van der Waals surface area contributed by atoms with Crippen LogP contribution in [0.5, 0.6) is 0 Å². The molecule has 2 saturated carbocycles. The van der Waals surface area contributed by atoms with Crippen LogP contribution in [0.25, 0.3) is 0 Å². The first-order valence-corrected chi connectivity index (χ1v) is 9.86. The van der Waals surface area contributed by atoms with Gasteiger partial charge in [0.05, 0.1) is 0 Å². The van der Waals surface area contributed by atoms with Crippen molar-refractivity contribution >= 4 is 11.9 Å². The monoisotopic (exact) mass is 336 g/mol. The largest absolute Gasteiger partial charge is 0.356 e. The predicted molar refractivity (Wildman–Crippen MR) is 100 cm³/mol. The summed E-state index contributed by atoms with van der Waals surface area (Å²) in [6, 6.07) is 0.821. The Morgan fingerprint density at radius 1 is 1.08 bits per heavy atom. The van der Waals surface area contributed by atoms with Crippen LogP contribution < -0.4 is 16.0 Å². The van der Waals surface area contributed by atoms with Gasteiger partial charge in [-0.3, -0.25) is 9.79 Å². The highest BCUT2D eigenvalue weighted by molar-refractivity contribution is 5.81. The molecule has 138 valence electrons. The number of guanidine groups is 1. The average molecular weight is 337 g/mol. The van der Waals surface area contributed by atoms with Gasteiger partial charge in [0.1, 0.15) is 0 Å². The summed E-state index contributed by atoms with van der Waals surface area (Å²) in [7, 11) is 1.82. The number of carbonyl (C=O) groups excluding carboxylic acids is 1. The molecule has 24 heavy (non-hydrogen) atoms. The third kappa shape index (κ3) is 7.10. The fraction of sp³-hybridized carbons (Fsp3) is 0.895. The molecule has 0 aromatic carbocycles. The lowest BCUT2D eigenvalue weighted by atomic mass is 9.85. The topological polar surface area (TPSA) is 65.5 Å². The molecule has 0 aromatic heterocycles. The summed E-state index contributed by atoms with van der Waals surface area (Å²) >= 11 is 0.